The molecule has 1 atom stereocenters. The van der Waals surface area contributed by atoms with Crippen LogP contribution in [0.1, 0.15) is 33.0 Å². The summed E-state index contributed by atoms with van der Waals surface area (Å²) in [5, 5.41) is 0. The molecule has 1 saturated heterocycles. The molecule has 16 heavy (non-hydrogen) atoms. The number of thiophene rings is 1. The zero-order valence-corrected chi connectivity index (χ0v) is 11.2. The van der Waals surface area contributed by atoms with Crippen LogP contribution < -0.4 is 0 Å². The molecule has 0 radical (unpaired) electrons. The highest BCUT2D eigenvalue weighted by Crippen LogP contribution is 2.26. The van der Waals surface area contributed by atoms with Crippen LogP contribution in [0.2, 0.25) is 0 Å². The van der Waals surface area contributed by atoms with Gasteiger partial charge in [0.25, 0.3) is 5.91 Å². The molecule has 0 aromatic carbocycles. The van der Waals surface area contributed by atoms with Crippen LogP contribution >= 0.6 is 22.9 Å². The quantitative estimate of drug-likeness (QED) is 0.745. The zero-order valence-electron chi connectivity index (χ0n) is 9.62. The highest BCUT2D eigenvalue weighted by Gasteiger charge is 2.29. The lowest BCUT2D eigenvalue weighted by molar-refractivity contribution is 0.0754. The van der Waals surface area contributed by atoms with Gasteiger partial charge in [-0.1, -0.05) is 0 Å². The van der Waals surface area contributed by atoms with Crippen molar-refractivity contribution in [3.8, 4) is 0 Å². The number of carbonyl (C=O) groups is 1. The van der Waals surface area contributed by atoms with E-state index in [4.69, 9.17) is 11.6 Å². The molecule has 2 nitrogen and oxygen atoms in total. The van der Waals surface area contributed by atoms with E-state index in [1.54, 1.807) is 11.3 Å². The number of hydrogen-bond donors (Lipinski definition) is 0. The molecule has 2 heterocycles. The van der Waals surface area contributed by atoms with Gasteiger partial charge in [0.15, 0.2) is 0 Å². The van der Waals surface area contributed by atoms with E-state index >= 15 is 0 Å². The van der Waals surface area contributed by atoms with Crippen molar-refractivity contribution in [2.45, 2.75) is 32.7 Å². The van der Waals surface area contributed by atoms with Crippen molar-refractivity contribution in [2.24, 2.45) is 0 Å². The Balaban J connectivity index is 2.18. The van der Waals surface area contributed by atoms with Crippen LogP contribution in [0.15, 0.2) is 6.07 Å². The number of alkyl halides is 1. The number of nitrogens with zero attached hydrogens (tertiary/aromatic N) is 1. The Morgan fingerprint density at radius 1 is 1.62 bits per heavy atom. The average Bonchev–Trinajstić information content (AvgIpc) is 2.85. The predicted octanol–water partition coefficient (Wildman–Crippen LogP) is 3.21. The Kier molecular flexibility index (Phi) is 3.55. The van der Waals surface area contributed by atoms with Crippen LogP contribution in [0.3, 0.4) is 0 Å². The number of amides is 1. The molecule has 1 aromatic rings. The minimum Gasteiger partial charge on any atom is -0.334 e. The zero-order chi connectivity index (χ0) is 11.7. The highest BCUT2D eigenvalue weighted by molar-refractivity contribution is 7.14. The fourth-order valence-electron chi connectivity index (χ4n) is 2.08. The molecule has 0 N–H and O–H groups in total. The molecular formula is C12H16ClNOS. The summed E-state index contributed by atoms with van der Waals surface area (Å²) in [6.07, 6.45) is 2.12. The molecule has 0 saturated carbocycles. The van der Waals surface area contributed by atoms with Crippen LogP contribution in [0.25, 0.3) is 0 Å². The topological polar surface area (TPSA) is 20.3 Å². The van der Waals surface area contributed by atoms with E-state index in [2.05, 4.69) is 6.92 Å². The molecule has 1 unspecified atom stereocenters. The fourth-order valence-corrected chi connectivity index (χ4v) is 3.39. The summed E-state index contributed by atoms with van der Waals surface area (Å²) in [5.41, 5.74) is 1.20. The number of rotatable bonds is 2. The Morgan fingerprint density at radius 2 is 2.38 bits per heavy atom. The summed E-state index contributed by atoms with van der Waals surface area (Å²) in [5.74, 6) is 0.707. The van der Waals surface area contributed by atoms with Crippen LogP contribution in [-0.2, 0) is 0 Å². The first-order chi connectivity index (χ1) is 7.63. The number of hydrogen-bond acceptors (Lipinski definition) is 2. The molecular weight excluding hydrogens is 242 g/mol. The van der Waals surface area contributed by atoms with Gasteiger partial charge in [-0.2, -0.15) is 0 Å². The van der Waals surface area contributed by atoms with E-state index in [1.807, 2.05) is 17.9 Å². The predicted molar refractivity (Wildman–Crippen MR) is 68.6 cm³/mol. The van der Waals surface area contributed by atoms with Crippen molar-refractivity contribution in [2.75, 3.05) is 12.4 Å². The number of halogens is 1. The fraction of sp³-hybridized carbons (Fsp3) is 0.583. The maximum atomic E-state index is 12.3. The summed E-state index contributed by atoms with van der Waals surface area (Å²) < 4.78 is 0. The van der Waals surface area contributed by atoms with Crippen molar-refractivity contribution >= 4 is 28.8 Å². The normalized spacial score (nSPS) is 20.4. The van der Waals surface area contributed by atoms with Crippen molar-refractivity contribution in [3.63, 3.8) is 0 Å². The second kappa shape index (κ2) is 4.76. The number of aryl methyl sites for hydroxylation is 2. The first kappa shape index (κ1) is 11.9. The monoisotopic (exact) mass is 257 g/mol. The van der Waals surface area contributed by atoms with Crippen molar-refractivity contribution in [1.82, 2.24) is 4.90 Å². The highest BCUT2D eigenvalue weighted by atomic mass is 35.5. The van der Waals surface area contributed by atoms with E-state index in [0.29, 0.717) is 5.88 Å². The van der Waals surface area contributed by atoms with E-state index < -0.39 is 0 Å². The molecule has 88 valence electrons. The Hall–Kier alpha value is -0.540. The van der Waals surface area contributed by atoms with Gasteiger partial charge in [-0.15, -0.1) is 22.9 Å². The molecule has 1 aliphatic rings. The standard InChI is InChI=1S/C12H16ClNOS/c1-8-6-11(16-9(8)2)12(15)14-5-3-4-10(14)7-13/h6,10H,3-5,7H2,1-2H3. The van der Waals surface area contributed by atoms with Crippen LogP contribution in [0, 0.1) is 13.8 Å². The lowest BCUT2D eigenvalue weighted by Crippen LogP contribution is -2.36. The molecule has 2 rings (SSSR count). The first-order valence-corrected chi connectivity index (χ1v) is 6.92. The summed E-state index contributed by atoms with van der Waals surface area (Å²) in [7, 11) is 0. The van der Waals surface area contributed by atoms with E-state index in [0.717, 1.165) is 24.3 Å². The lowest BCUT2D eigenvalue weighted by Gasteiger charge is -2.22. The van der Waals surface area contributed by atoms with Crippen molar-refractivity contribution in [1.29, 1.82) is 0 Å². The Morgan fingerprint density at radius 3 is 2.94 bits per heavy atom. The largest absolute Gasteiger partial charge is 0.334 e. The van der Waals surface area contributed by atoms with Crippen molar-refractivity contribution < 1.29 is 4.79 Å². The SMILES string of the molecule is Cc1cc(C(=O)N2CCCC2CCl)sc1C. The molecule has 1 amide bonds. The second-order valence-electron chi connectivity index (χ2n) is 4.30. The van der Waals surface area contributed by atoms with Gasteiger partial charge in [0.2, 0.25) is 0 Å². The van der Waals surface area contributed by atoms with Crippen molar-refractivity contribution in [3.05, 3.63) is 21.4 Å². The van der Waals surface area contributed by atoms with Crippen LogP contribution in [0.5, 0.6) is 0 Å². The van der Waals surface area contributed by atoms with Crippen LogP contribution in [-0.4, -0.2) is 29.3 Å². The second-order valence-corrected chi connectivity index (χ2v) is 5.86. The Labute approximate surface area is 105 Å². The molecule has 1 fully saturated rings. The van der Waals surface area contributed by atoms with Gasteiger partial charge < -0.3 is 4.90 Å². The molecule has 4 heteroatoms. The third-order valence-corrected chi connectivity index (χ3v) is 4.69. The van der Waals surface area contributed by atoms with Gasteiger partial charge in [0, 0.05) is 23.3 Å². The van der Waals surface area contributed by atoms with Gasteiger partial charge >= 0.3 is 0 Å². The molecule has 1 aliphatic heterocycles. The minimum absolute atomic E-state index is 0.157. The van der Waals surface area contributed by atoms with Gasteiger partial charge in [0.1, 0.15) is 0 Å². The third kappa shape index (κ3) is 2.11. The Bertz CT molecular complexity index is 382. The molecule has 0 bridgehead atoms. The number of likely N-dealkylation sites (tertiary alicyclic amines) is 1. The van der Waals surface area contributed by atoms with E-state index in [9.17, 15) is 4.79 Å². The van der Waals surface area contributed by atoms with E-state index in [-0.39, 0.29) is 11.9 Å². The minimum atomic E-state index is 0.157. The molecule has 1 aromatic heterocycles. The summed E-state index contributed by atoms with van der Waals surface area (Å²) in [4.78, 5) is 16.3. The van der Waals surface area contributed by atoms with Gasteiger partial charge in [0.05, 0.1) is 4.88 Å². The number of carbonyl (C=O) groups excluding carboxylic acids is 1. The smallest absolute Gasteiger partial charge is 0.264 e. The van der Waals surface area contributed by atoms with Gasteiger partial charge in [-0.25, -0.2) is 0 Å². The van der Waals surface area contributed by atoms with E-state index in [1.165, 1.54) is 10.4 Å². The van der Waals surface area contributed by atoms with Gasteiger partial charge in [-0.05, 0) is 38.3 Å². The average molecular weight is 258 g/mol. The third-order valence-electron chi connectivity index (χ3n) is 3.19. The van der Waals surface area contributed by atoms with Crippen LogP contribution in [0.4, 0.5) is 0 Å². The molecule has 0 aliphatic carbocycles. The van der Waals surface area contributed by atoms with Gasteiger partial charge in [-0.3, -0.25) is 4.79 Å². The maximum absolute atomic E-state index is 12.3. The molecule has 0 spiro atoms. The lowest BCUT2D eigenvalue weighted by atomic mass is 10.2. The maximum Gasteiger partial charge on any atom is 0.264 e. The summed E-state index contributed by atoms with van der Waals surface area (Å²) in [6, 6.07) is 2.23. The summed E-state index contributed by atoms with van der Waals surface area (Å²) in [6.45, 7) is 4.96. The first-order valence-electron chi connectivity index (χ1n) is 5.57. The summed E-state index contributed by atoms with van der Waals surface area (Å²) >= 11 is 7.47.